The van der Waals surface area contributed by atoms with Crippen LogP contribution in [-0.2, 0) is 17.3 Å². The molecule has 0 saturated heterocycles. The summed E-state index contributed by atoms with van der Waals surface area (Å²) in [4.78, 5) is 0. The third-order valence-electron chi connectivity index (χ3n) is 7.14. The van der Waals surface area contributed by atoms with Crippen LogP contribution < -0.4 is 0 Å². The van der Waals surface area contributed by atoms with E-state index in [2.05, 4.69) is 83.7 Å². The highest BCUT2D eigenvalue weighted by atomic mass is 14.4. The Morgan fingerprint density at radius 3 is 2.07 bits per heavy atom. The summed E-state index contributed by atoms with van der Waals surface area (Å²) in [5.74, 6) is 0. The van der Waals surface area contributed by atoms with Crippen LogP contribution >= 0.6 is 0 Å². The average Bonchev–Trinajstić information content (AvgIpc) is 3.07. The molecular weight excluding hydrogens is 336 g/mol. The van der Waals surface area contributed by atoms with Crippen LogP contribution in [0.1, 0.15) is 86.8 Å². The monoisotopic (exact) mass is 370 g/mol. The Balaban J connectivity index is 1.65. The van der Waals surface area contributed by atoms with Gasteiger partial charge in [-0.2, -0.15) is 0 Å². The van der Waals surface area contributed by atoms with Gasteiger partial charge in [-0.1, -0.05) is 76.7 Å². The fourth-order valence-electron chi connectivity index (χ4n) is 4.97. The molecule has 0 radical (unpaired) electrons. The van der Waals surface area contributed by atoms with Gasteiger partial charge in [-0.05, 0) is 94.4 Å². The second-order valence-electron chi connectivity index (χ2n) is 10.2. The molecule has 2 aliphatic carbocycles. The predicted octanol–water partition coefficient (Wildman–Crippen LogP) is 7.67. The number of benzene rings is 2. The lowest BCUT2D eigenvalue weighted by Gasteiger charge is -2.42. The first-order valence-electron chi connectivity index (χ1n) is 10.8. The smallest absolute Gasteiger partial charge is 0.00230 e. The zero-order chi connectivity index (χ0) is 20.1. The molecule has 0 saturated carbocycles. The summed E-state index contributed by atoms with van der Waals surface area (Å²) in [5.41, 5.74) is 11.9. The van der Waals surface area contributed by atoms with Gasteiger partial charge >= 0.3 is 0 Å². The van der Waals surface area contributed by atoms with Crippen molar-refractivity contribution in [3.8, 4) is 0 Å². The van der Waals surface area contributed by atoms with E-state index in [1.807, 2.05) is 0 Å². The highest BCUT2D eigenvalue weighted by Crippen LogP contribution is 2.46. The summed E-state index contributed by atoms with van der Waals surface area (Å²) >= 11 is 0. The van der Waals surface area contributed by atoms with Crippen molar-refractivity contribution in [3.63, 3.8) is 0 Å². The van der Waals surface area contributed by atoms with E-state index in [0.29, 0.717) is 0 Å². The first-order valence-corrected chi connectivity index (χ1v) is 10.8. The molecular formula is C28H34. The van der Waals surface area contributed by atoms with Gasteiger partial charge in [-0.15, -0.1) is 0 Å². The van der Waals surface area contributed by atoms with E-state index in [-0.39, 0.29) is 10.8 Å². The number of aryl methyl sites for hydroxylation is 1. The minimum absolute atomic E-state index is 0.270. The van der Waals surface area contributed by atoms with Gasteiger partial charge in [-0.3, -0.25) is 0 Å². The van der Waals surface area contributed by atoms with E-state index in [9.17, 15) is 0 Å². The standard InChI is InChI=1S/C28H34/c1-19-8-7-9-24(19)22-12-10-21(11-13-22)17-23-18-26-25(16-20(23)2)27(3,4)14-15-28(26,5)6/h9-13,16,18H,1,7-8,14-15,17H2,2-6H3. The van der Waals surface area contributed by atoms with Gasteiger partial charge in [0.25, 0.3) is 0 Å². The molecule has 28 heavy (non-hydrogen) atoms. The van der Waals surface area contributed by atoms with Crippen LogP contribution in [0.4, 0.5) is 0 Å². The number of rotatable bonds is 3. The maximum atomic E-state index is 4.21. The summed E-state index contributed by atoms with van der Waals surface area (Å²) < 4.78 is 0. The Kier molecular flexibility index (Phi) is 4.65. The predicted molar refractivity (Wildman–Crippen MR) is 122 cm³/mol. The van der Waals surface area contributed by atoms with Crippen molar-refractivity contribution in [1.82, 2.24) is 0 Å². The number of allylic oxidation sites excluding steroid dienone is 3. The number of hydrogen-bond acceptors (Lipinski definition) is 0. The lowest BCUT2D eigenvalue weighted by Crippen LogP contribution is -2.34. The van der Waals surface area contributed by atoms with Gasteiger partial charge in [0, 0.05) is 0 Å². The van der Waals surface area contributed by atoms with Crippen LogP contribution in [0.5, 0.6) is 0 Å². The molecule has 0 aromatic heterocycles. The van der Waals surface area contributed by atoms with Crippen molar-refractivity contribution in [2.24, 2.45) is 0 Å². The Bertz CT molecular complexity index is 948. The molecule has 0 nitrogen and oxygen atoms in total. The minimum Gasteiger partial charge on any atom is -0.0952 e. The molecule has 0 heterocycles. The summed E-state index contributed by atoms with van der Waals surface area (Å²) in [6.07, 6.45) is 8.12. The third kappa shape index (κ3) is 3.39. The van der Waals surface area contributed by atoms with Crippen molar-refractivity contribution in [2.75, 3.05) is 0 Å². The average molecular weight is 371 g/mol. The molecule has 2 aliphatic rings. The van der Waals surface area contributed by atoms with Gasteiger partial charge in [0.1, 0.15) is 0 Å². The van der Waals surface area contributed by atoms with Gasteiger partial charge in [0.15, 0.2) is 0 Å². The fraction of sp³-hybridized carbons (Fsp3) is 0.429. The van der Waals surface area contributed by atoms with Crippen molar-refractivity contribution >= 4 is 5.57 Å². The summed E-state index contributed by atoms with van der Waals surface area (Å²) in [6, 6.07) is 14.1. The maximum Gasteiger partial charge on any atom is -0.00230 e. The van der Waals surface area contributed by atoms with Crippen LogP contribution in [0.15, 0.2) is 54.6 Å². The molecule has 0 amide bonds. The molecule has 4 rings (SSSR count). The van der Waals surface area contributed by atoms with Gasteiger partial charge < -0.3 is 0 Å². The molecule has 2 aromatic rings. The van der Waals surface area contributed by atoms with Crippen molar-refractivity contribution in [3.05, 3.63) is 88.0 Å². The van der Waals surface area contributed by atoms with Crippen molar-refractivity contribution in [1.29, 1.82) is 0 Å². The van der Waals surface area contributed by atoms with Crippen LogP contribution in [-0.4, -0.2) is 0 Å². The van der Waals surface area contributed by atoms with Crippen molar-refractivity contribution < 1.29 is 0 Å². The molecule has 0 heteroatoms. The molecule has 0 aliphatic heterocycles. The Hall–Kier alpha value is -2.08. The third-order valence-corrected chi connectivity index (χ3v) is 7.14. The Morgan fingerprint density at radius 1 is 0.893 bits per heavy atom. The molecule has 0 fully saturated rings. The second kappa shape index (κ2) is 6.76. The highest BCUT2D eigenvalue weighted by Gasteiger charge is 2.37. The zero-order valence-corrected chi connectivity index (χ0v) is 18.3. The maximum absolute atomic E-state index is 4.21. The van der Waals surface area contributed by atoms with Crippen LogP contribution in [0.2, 0.25) is 0 Å². The van der Waals surface area contributed by atoms with E-state index in [1.165, 1.54) is 46.2 Å². The zero-order valence-electron chi connectivity index (χ0n) is 18.3. The van der Waals surface area contributed by atoms with E-state index in [4.69, 9.17) is 0 Å². The molecule has 0 unspecified atom stereocenters. The lowest BCUT2D eigenvalue weighted by atomic mass is 9.62. The second-order valence-corrected chi connectivity index (χ2v) is 10.2. The topological polar surface area (TPSA) is 0 Å². The van der Waals surface area contributed by atoms with Crippen molar-refractivity contribution in [2.45, 2.75) is 77.6 Å². The summed E-state index contributed by atoms with van der Waals surface area (Å²) in [5, 5.41) is 0. The van der Waals surface area contributed by atoms with Gasteiger partial charge in [0.05, 0.1) is 0 Å². The van der Waals surface area contributed by atoms with Gasteiger partial charge in [-0.25, -0.2) is 0 Å². The van der Waals surface area contributed by atoms with E-state index in [1.54, 1.807) is 11.1 Å². The van der Waals surface area contributed by atoms with Gasteiger partial charge in [0.2, 0.25) is 0 Å². The number of fused-ring (bicyclic) bond motifs is 1. The Labute approximate surface area is 171 Å². The highest BCUT2D eigenvalue weighted by molar-refractivity contribution is 5.80. The largest absolute Gasteiger partial charge is 0.0952 e. The van der Waals surface area contributed by atoms with E-state index < -0.39 is 0 Å². The molecule has 0 N–H and O–H groups in total. The first-order chi connectivity index (χ1) is 13.2. The van der Waals surface area contributed by atoms with E-state index in [0.717, 1.165) is 19.3 Å². The van der Waals surface area contributed by atoms with E-state index >= 15 is 0 Å². The fourth-order valence-corrected chi connectivity index (χ4v) is 4.97. The normalized spacial score (nSPS) is 20.0. The van der Waals surface area contributed by atoms with Crippen LogP contribution in [0.3, 0.4) is 0 Å². The molecule has 0 bridgehead atoms. The molecule has 2 aromatic carbocycles. The lowest BCUT2D eigenvalue weighted by molar-refractivity contribution is 0.331. The SMILES string of the molecule is C=C1CCC=C1c1ccc(Cc2cc3c(cc2C)C(C)(C)CCC3(C)C)cc1. The summed E-state index contributed by atoms with van der Waals surface area (Å²) in [6.45, 7) is 16.1. The first kappa shape index (κ1) is 19.2. The quantitative estimate of drug-likeness (QED) is 0.520. The van der Waals surface area contributed by atoms with Crippen LogP contribution in [0, 0.1) is 6.92 Å². The molecule has 0 atom stereocenters. The molecule has 146 valence electrons. The minimum atomic E-state index is 0.270. The number of hydrogen-bond donors (Lipinski definition) is 0. The Morgan fingerprint density at radius 2 is 1.50 bits per heavy atom. The molecule has 0 spiro atoms. The van der Waals surface area contributed by atoms with Crippen LogP contribution in [0.25, 0.3) is 5.57 Å². The summed E-state index contributed by atoms with van der Waals surface area (Å²) in [7, 11) is 0.